The summed E-state index contributed by atoms with van der Waals surface area (Å²) in [5.41, 5.74) is 0.914. The number of rotatable bonds is 4. The van der Waals surface area contributed by atoms with Gasteiger partial charge < -0.3 is 15.4 Å². The lowest BCUT2D eigenvalue weighted by molar-refractivity contribution is -0.122. The van der Waals surface area contributed by atoms with Crippen molar-refractivity contribution in [3.63, 3.8) is 0 Å². The van der Waals surface area contributed by atoms with Gasteiger partial charge in [-0.15, -0.1) is 6.42 Å². The Morgan fingerprint density at radius 2 is 2.00 bits per heavy atom. The number of para-hydroxylation sites is 1. The molecule has 21 heavy (non-hydrogen) atoms. The molecule has 0 bridgehead atoms. The first-order chi connectivity index (χ1) is 10.2. The third kappa shape index (κ3) is 4.07. The van der Waals surface area contributed by atoms with Gasteiger partial charge in [0.25, 0.3) is 5.91 Å². The monoisotopic (exact) mass is 286 g/mol. The van der Waals surface area contributed by atoms with Gasteiger partial charge in [0.2, 0.25) is 5.91 Å². The molecule has 0 radical (unpaired) electrons. The molecule has 0 aliphatic carbocycles. The first-order valence-electron chi connectivity index (χ1n) is 6.91. The van der Waals surface area contributed by atoms with E-state index in [1.165, 1.54) is 0 Å². The topological polar surface area (TPSA) is 67.4 Å². The fraction of sp³-hybridized carbons (Fsp3) is 0.375. The van der Waals surface area contributed by atoms with E-state index in [9.17, 15) is 9.59 Å². The van der Waals surface area contributed by atoms with Crippen LogP contribution in [0, 0.1) is 18.3 Å². The molecule has 2 rings (SSSR count). The zero-order valence-corrected chi connectivity index (χ0v) is 11.7. The van der Waals surface area contributed by atoms with Crippen LogP contribution in [0.4, 0.5) is 5.69 Å². The summed E-state index contributed by atoms with van der Waals surface area (Å²) in [7, 11) is 0. The van der Waals surface area contributed by atoms with E-state index in [4.69, 9.17) is 11.2 Å². The second-order valence-electron chi connectivity index (χ2n) is 4.81. The molecule has 2 N–H and O–H groups in total. The quantitative estimate of drug-likeness (QED) is 0.823. The van der Waals surface area contributed by atoms with Gasteiger partial charge in [0, 0.05) is 19.1 Å². The van der Waals surface area contributed by atoms with Crippen molar-refractivity contribution in [1.29, 1.82) is 0 Å². The molecule has 1 saturated heterocycles. The number of carbonyl (C=O) groups excluding carboxylic acids is 2. The fourth-order valence-electron chi connectivity index (χ4n) is 2.21. The molecule has 1 aromatic rings. The van der Waals surface area contributed by atoms with Crippen molar-refractivity contribution in [2.75, 3.05) is 25.1 Å². The minimum Gasteiger partial charge on any atom is -0.381 e. The Bertz CT molecular complexity index is 557. The summed E-state index contributed by atoms with van der Waals surface area (Å²) in [6.45, 7) is 1.35. The first kappa shape index (κ1) is 15.1. The lowest BCUT2D eigenvalue weighted by Gasteiger charge is -2.21. The van der Waals surface area contributed by atoms with Crippen LogP contribution in [0.25, 0.3) is 0 Å². The van der Waals surface area contributed by atoms with Crippen LogP contribution in [0.3, 0.4) is 0 Å². The number of nitrogens with one attached hydrogen (secondary N) is 2. The van der Waals surface area contributed by atoms with Crippen molar-refractivity contribution < 1.29 is 14.3 Å². The first-order valence-corrected chi connectivity index (χ1v) is 6.91. The summed E-state index contributed by atoms with van der Waals surface area (Å²) < 4.78 is 5.24. The molecule has 0 aromatic heterocycles. The Kier molecular flexibility index (Phi) is 5.35. The number of hydrogen-bond donors (Lipinski definition) is 2. The minimum atomic E-state index is -0.296. The molecule has 1 fully saturated rings. The van der Waals surface area contributed by atoms with Crippen LogP contribution in [0.1, 0.15) is 23.2 Å². The highest BCUT2D eigenvalue weighted by atomic mass is 16.5. The van der Waals surface area contributed by atoms with Crippen LogP contribution in [-0.4, -0.2) is 31.6 Å². The van der Waals surface area contributed by atoms with Crippen molar-refractivity contribution in [3.8, 4) is 12.3 Å². The van der Waals surface area contributed by atoms with E-state index in [1.807, 2.05) is 0 Å². The normalized spacial score (nSPS) is 15.0. The highest BCUT2D eigenvalue weighted by Gasteiger charge is 2.22. The second-order valence-corrected chi connectivity index (χ2v) is 4.81. The molecule has 0 saturated carbocycles. The summed E-state index contributed by atoms with van der Waals surface area (Å²) >= 11 is 0. The molecular formula is C16H18N2O3. The van der Waals surface area contributed by atoms with Crippen molar-refractivity contribution in [2.45, 2.75) is 12.8 Å². The van der Waals surface area contributed by atoms with Crippen molar-refractivity contribution in [3.05, 3.63) is 29.8 Å². The minimum absolute atomic E-state index is 0.0689. The second kappa shape index (κ2) is 7.46. The number of carbonyl (C=O) groups is 2. The number of ether oxygens (including phenoxy) is 1. The lowest BCUT2D eigenvalue weighted by Crippen LogP contribution is -2.30. The summed E-state index contributed by atoms with van der Waals surface area (Å²) in [5.74, 6) is 1.91. The molecule has 0 unspecified atom stereocenters. The van der Waals surface area contributed by atoms with Gasteiger partial charge in [0.05, 0.1) is 17.8 Å². The molecule has 1 aliphatic rings. The van der Waals surface area contributed by atoms with Crippen molar-refractivity contribution >= 4 is 17.5 Å². The molecule has 1 aliphatic heterocycles. The van der Waals surface area contributed by atoms with E-state index in [2.05, 4.69) is 16.6 Å². The number of amides is 2. The largest absolute Gasteiger partial charge is 0.381 e. The Balaban J connectivity index is 2.07. The number of anilines is 1. The van der Waals surface area contributed by atoms with E-state index in [0.717, 1.165) is 0 Å². The van der Waals surface area contributed by atoms with E-state index < -0.39 is 0 Å². The summed E-state index contributed by atoms with van der Waals surface area (Å²) in [6.07, 6.45) is 6.54. The van der Waals surface area contributed by atoms with Gasteiger partial charge in [-0.3, -0.25) is 9.59 Å². The van der Waals surface area contributed by atoms with Crippen LogP contribution in [-0.2, 0) is 9.53 Å². The van der Waals surface area contributed by atoms with Crippen LogP contribution in [0.15, 0.2) is 24.3 Å². The molecule has 110 valence electrons. The Labute approximate surface area is 124 Å². The van der Waals surface area contributed by atoms with E-state index in [1.54, 1.807) is 24.3 Å². The maximum absolute atomic E-state index is 12.2. The zero-order valence-electron chi connectivity index (χ0n) is 11.7. The molecule has 0 atom stereocenters. The SMILES string of the molecule is C#CCNC(=O)c1ccccc1NC(=O)C1CCOCC1. The van der Waals surface area contributed by atoms with Crippen LogP contribution >= 0.6 is 0 Å². The van der Waals surface area contributed by atoms with Gasteiger partial charge in [-0.05, 0) is 25.0 Å². The van der Waals surface area contributed by atoms with Crippen LogP contribution < -0.4 is 10.6 Å². The predicted molar refractivity (Wildman–Crippen MR) is 79.8 cm³/mol. The van der Waals surface area contributed by atoms with E-state index >= 15 is 0 Å². The molecule has 1 heterocycles. The molecule has 5 nitrogen and oxygen atoms in total. The predicted octanol–water partition coefficient (Wildman–Crippen LogP) is 1.41. The van der Waals surface area contributed by atoms with Gasteiger partial charge in [-0.25, -0.2) is 0 Å². The third-order valence-corrected chi connectivity index (χ3v) is 3.37. The maximum atomic E-state index is 12.2. The average molecular weight is 286 g/mol. The van der Waals surface area contributed by atoms with Gasteiger partial charge in [-0.2, -0.15) is 0 Å². The third-order valence-electron chi connectivity index (χ3n) is 3.37. The van der Waals surface area contributed by atoms with Crippen LogP contribution in [0.5, 0.6) is 0 Å². The summed E-state index contributed by atoms with van der Waals surface area (Å²) in [5, 5.41) is 5.43. The van der Waals surface area contributed by atoms with E-state index in [0.29, 0.717) is 37.3 Å². The van der Waals surface area contributed by atoms with Gasteiger partial charge in [0.15, 0.2) is 0 Å². The van der Waals surface area contributed by atoms with E-state index in [-0.39, 0.29) is 24.3 Å². The summed E-state index contributed by atoms with van der Waals surface area (Å²) in [6, 6.07) is 6.89. The highest BCUT2D eigenvalue weighted by molar-refractivity contribution is 6.04. The molecule has 0 spiro atoms. The average Bonchev–Trinajstić information content (AvgIpc) is 2.54. The number of benzene rings is 1. The molecular weight excluding hydrogens is 268 g/mol. The van der Waals surface area contributed by atoms with Gasteiger partial charge >= 0.3 is 0 Å². The Hall–Kier alpha value is -2.32. The fourth-order valence-corrected chi connectivity index (χ4v) is 2.21. The van der Waals surface area contributed by atoms with Crippen molar-refractivity contribution in [1.82, 2.24) is 5.32 Å². The molecule has 1 aromatic carbocycles. The maximum Gasteiger partial charge on any atom is 0.254 e. The van der Waals surface area contributed by atoms with Crippen molar-refractivity contribution in [2.24, 2.45) is 5.92 Å². The zero-order chi connectivity index (χ0) is 15.1. The Morgan fingerprint density at radius 3 is 2.71 bits per heavy atom. The summed E-state index contributed by atoms with van der Waals surface area (Å²) in [4.78, 5) is 24.2. The lowest BCUT2D eigenvalue weighted by atomic mass is 9.99. The number of terminal acetylenes is 1. The molecule has 5 heteroatoms. The van der Waals surface area contributed by atoms with Crippen LogP contribution in [0.2, 0.25) is 0 Å². The number of hydrogen-bond acceptors (Lipinski definition) is 3. The van der Waals surface area contributed by atoms with Gasteiger partial charge in [0.1, 0.15) is 0 Å². The Morgan fingerprint density at radius 1 is 1.29 bits per heavy atom. The smallest absolute Gasteiger partial charge is 0.254 e. The van der Waals surface area contributed by atoms with Gasteiger partial charge in [-0.1, -0.05) is 18.1 Å². The standard InChI is InChI=1S/C16H18N2O3/c1-2-9-17-16(20)13-5-3-4-6-14(13)18-15(19)12-7-10-21-11-8-12/h1,3-6,12H,7-11H2,(H,17,20)(H,18,19). The molecule has 2 amide bonds. The highest BCUT2D eigenvalue weighted by Crippen LogP contribution is 2.20.